The molecule has 0 aliphatic heterocycles. The van der Waals surface area contributed by atoms with Gasteiger partial charge >= 0.3 is 0 Å². The van der Waals surface area contributed by atoms with Crippen LogP contribution in [0.1, 0.15) is 17.2 Å². The summed E-state index contributed by atoms with van der Waals surface area (Å²) >= 11 is 0. The van der Waals surface area contributed by atoms with Crippen molar-refractivity contribution >= 4 is 11.4 Å². The number of anilines is 2. The predicted octanol–water partition coefficient (Wildman–Crippen LogP) is 2.72. The lowest BCUT2D eigenvalue weighted by Crippen LogP contribution is -2.15. The number of aryl methyl sites for hydroxylation is 1. The molecule has 3 nitrogen and oxygen atoms in total. The smallest absolute Gasteiger partial charge is 0.0745 e. The molecule has 94 valence electrons. The van der Waals surface area contributed by atoms with Crippen molar-refractivity contribution in [3.63, 3.8) is 0 Å². The molecule has 0 radical (unpaired) electrons. The summed E-state index contributed by atoms with van der Waals surface area (Å²) in [5.41, 5.74) is 9.62. The Bertz CT molecular complexity index is 511. The summed E-state index contributed by atoms with van der Waals surface area (Å²) in [6.45, 7) is 2.06. The first-order chi connectivity index (χ1) is 8.70. The molecule has 1 unspecified atom stereocenters. The molecule has 0 aliphatic carbocycles. The van der Waals surface area contributed by atoms with Gasteiger partial charge in [0.05, 0.1) is 12.6 Å². The van der Waals surface area contributed by atoms with E-state index < -0.39 is 0 Å². The van der Waals surface area contributed by atoms with Gasteiger partial charge in [-0.1, -0.05) is 36.4 Å². The molecule has 0 saturated carbocycles. The average Bonchev–Trinajstić information content (AvgIpc) is 2.41. The molecule has 0 aliphatic rings. The Balaban J connectivity index is 2.23. The molecular weight excluding hydrogens is 224 g/mol. The maximum absolute atomic E-state index is 9.51. The van der Waals surface area contributed by atoms with E-state index in [1.165, 1.54) is 0 Å². The summed E-state index contributed by atoms with van der Waals surface area (Å²) < 4.78 is 0. The van der Waals surface area contributed by atoms with Crippen molar-refractivity contribution in [2.75, 3.05) is 17.7 Å². The summed E-state index contributed by atoms with van der Waals surface area (Å²) in [6, 6.07) is 15.5. The van der Waals surface area contributed by atoms with Crippen LogP contribution in [0.25, 0.3) is 0 Å². The molecule has 18 heavy (non-hydrogen) atoms. The van der Waals surface area contributed by atoms with Crippen LogP contribution in [0.2, 0.25) is 0 Å². The van der Waals surface area contributed by atoms with Crippen LogP contribution in [0.5, 0.6) is 0 Å². The zero-order chi connectivity index (χ0) is 13.0. The van der Waals surface area contributed by atoms with E-state index in [1.54, 1.807) is 0 Å². The molecule has 0 bridgehead atoms. The summed E-state index contributed by atoms with van der Waals surface area (Å²) in [6.07, 6.45) is 0. The Kier molecular flexibility index (Phi) is 3.85. The molecule has 0 aromatic heterocycles. The van der Waals surface area contributed by atoms with E-state index in [4.69, 9.17) is 5.73 Å². The van der Waals surface area contributed by atoms with Gasteiger partial charge in [-0.3, -0.25) is 0 Å². The Labute approximate surface area is 107 Å². The quantitative estimate of drug-likeness (QED) is 0.722. The van der Waals surface area contributed by atoms with E-state index in [2.05, 4.69) is 5.32 Å². The molecular formula is C15H18N2O. The van der Waals surface area contributed by atoms with Crippen LogP contribution in [0.4, 0.5) is 11.4 Å². The molecule has 0 amide bonds. The summed E-state index contributed by atoms with van der Waals surface area (Å²) in [5.74, 6) is 0. The van der Waals surface area contributed by atoms with Crippen molar-refractivity contribution in [1.82, 2.24) is 0 Å². The van der Waals surface area contributed by atoms with E-state index in [1.807, 2.05) is 55.5 Å². The van der Waals surface area contributed by atoms with Gasteiger partial charge in [0.1, 0.15) is 0 Å². The van der Waals surface area contributed by atoms with Gasteiger partial charge in [0.2, 0.25) is 0 Å². The van der Waals surface area contributed by atoms with Crippen molar-refractivity contribution in [2.45, 2.75) is 13.0 Å². The second-order valence-electron chi connectivity index (χ2n) is 4.36. The van der Waals surface area contributed by atoms with Crippen molar-refractivity contribution in [1.29, 1.82) is 0 Å². The highest BCUT2D eigenvalue weighted by molar-refractivity contribution is 5.60. The number of nitrogens with one attached hydrogen (secondary N) is 1. The molecule has 0 fully saturated rings. The normalized spacial score (nSPS) is 12.1. The second-order valence-corrected chi connectivity index (χ2v) is 4.36. The van der Waals surface area contributed by atoms with Crippen molar-refractivity contribution < 1.29 is 5.11 Å². The lowest BCUT2D eigenvalue weighted by atomic mass is 10.1. The topological polar surface area (TPSA) is 58.3 Å². The Morgan fingerprint density at radius 3 is 2.56 bits per heavy atom. The van der Waals surface area contributed by atoms with Gasteiger partial charge in [-0.05, 0) is 30.2 Å². The van der Waals surface area contributed by atoms with Crippen LogP contribution in [0.3, 0.4) is 0 Å². The molecule has 4 N–H and O–H groups in total. The van der Waals surface area contributed by atoms with Gasteiger partial charge in [-0.25, -0.2) is 0 Å². The van der Waals surface area contributed by atoms with E-state index in [9.17, 15) is 5.11 Å². The van der Waals surface area contributed by atoms with Crippen LogP contribution in [-0.4, -0.2) is 11.7 Å². The van der Waals surface area contributed by atoms with E-state index in [0.717, 1.165) is 16.8 Å². The number of nitrogen functional groups attached to an aromatic ring is 1. The van der Waals surface area contributed by atoms with Crippen LogP contribution in [-0.2, 0) is 0 Å². The molecule has 0 heterocycles. The number of benzene rings is 2. The van der Waals surface area contributed by atoms with Crippen LogP contribution >= 0.6 is 0 Å². The minimum atomic E-state index is -0.119. The third-order valence-electron chi connectivity index (χ3n) is 2.98. The first-order valence-electron chi connectivity index (χ1n) is 5.99. The fourth-order valence-corrected chi connectivity index (χ4v) is 1.90. The maximum Gasteiger partial charge on any atom is 0.0745 e. The maximum atomic E-state index is 9.51. The first kappa shape index (κ1) is 12.5. The molecule has 0 saturated heterocycles. The van der Waals surface area contributed by atoms with Crippen molar-refractivity contribution in [2.24, 2.45) is 0 Å². The molecule has 1 atom stereocenters. The minimum Gasteiger partial charge on any atom is -0.399 e. The van der Waals surface area contributed by atoms with Gasteiger partial charge in [-0.15, -0.1) is 0 Å². The minimum absolute atomic E-state index is 0.0399. The zero-order valence-corrected chi connectivity index (χ0v) is 10.4. The number of nitrogens with two attached hydrogens (primary N) is 1. The molecule has 2 rings (SSSR count). The highest BCUT2D eigenvalue weighted by atomic mass is 16.3. The highest BCUT2D eigenvalue weighted by Gasteiger charge is 2.10. The number of hydrogen-bond acceptors (Lipinski definition) is 3. The Morgan fingerprint density at radius 2 is 1.89 bits per heavy atom. The number of hydrogen-bond donors (Lipinski definition) is 3. The Hall–Kier alpha value is -2.00. The summed E-state index contributed by atoms with van der Waals surface area (Å²) in [7, 11) is 0. The monoisotopic (exact) mass is 242 g/mol. The number of aliphatic hydroxyl groups excluding tert-OH is 1. The lowest BCUT2D eigenvalue weighted by Gasteiger charge is -2.19. The third kappa shape index (κ3) is 2.81. The molecule has 2 aromatic carbocycles. The van der Waals surface area contributed by atoms with E-state index in [-0.39, 0.29) is 12.6 Å². The lowest BCUT2D eigenvalue weighted by molar-refractivity contribution is 0.276. The fourth-order valence-electron chi connectivity index (χ4n) is 1.90. The second kappa shape index (κ2) is 5.56. The number of aliphatic hydroxyl groups is 1. The van der Waals surface area contributed by atoms with Crippen LogP contribution in [0, 0.1) is 6.92 Å². The molecule has 0 spiro atoms. The van der Waals surface area contributed by atoms with Gasteiger partial charge in [0, 0.05) is 11.4 Å². The van der Waals surface area contributed by atoms with Gasteiger partial charge in [-0.2, -0.15) is 0 Å². The van der Waals surface area contributed by atoms with Crippen LogP contribution in [0.15, 0.2) is 48.5 Å². The summed E-state index contributed by atoms with van der Waals surface area (Å²) in [4.78, 5) is 0. The highest BCUT2D eigenvalue weighted by Crippen LogP contribution is 2.24. The fraction of sp³-hybridized carbons (Fsp3) is 0.200. The summed E-state index contributed by atoms with van der Waals surface area (Å²) in [5, 5.41) is 12.8. The Morgan fingerprint density at radius 1 is 1.17 bits per heavy atom. The first-order valence-corrected chi connectivity index (χ1v) is 5.99. The molecule has 2 aromatic rings. The van der Waals surface area contributed by atoms with Gasteiger partial charge in [0.25, 0.3) is 0 Å². The average molecular weight is 242 g/mol. The van der Waals surface area contributed by atoms with Gasteiger partial charge < -0.3 is 16.2 Å². The molecule has 3 heteroatoms. The van der Waals surface area contributed by atoms with Gasteiger partial charge in [0.15, 0.2) is 0 Å². The number of rotatable bonds is 4. The predicted molar refractivity (Wildman–Crippen MR) is 75.5 cm³/mol. The van der Waals surface area contributed by atoms with E-state index in [0.29, 0.717) is 5.69 Å². The SMILES string of the molecule is Cc1ccc(N)cc1NC(CO)c1ccccc1. The standard InChI is InChI=1S/C15H18N2O/c1-11-7-8-13(16)9-14(11)17-15(10-18)12-5-3-2-4-6-12/h2-9,15,17-18H,10,16H2,1H3. The zero-order valence-electron chi connectivity index (χ0n) is 10.4. The van der Waals surface area contributed by atoms with Crippen molar-refractivity contribution in [3.8, 4) is 0 Å². The van der Waals surface area contributed by atoms with E-state index >= 15 is 0 Å². The van der Waals surface area contributed by atoms with Crippen molar-refractivity contribution in [3.05, 3.63) is 59.7 Å². The van der Waals surface area contributed by atoms with Crippen LogP contribution < -0.4 is 11.1 Å². The largest absolute Gasteiger partial charge is 0.399 e. The third-order valence-corrected chi connectivity index (χ3v) is 2.98.